The van der Waals surface area contributed by atoms with Crippen LogP contribution in [-0.4, -0.2) is 39.8 Å². The summed E-state index contributed by atoms with van der Waals surface area (Å²) < 4.78 is 13.5. The van der Waals surface area contributed by atoms with Crippen LogP contribution in [0.5, 0.6) is 0 Å². The maximum absolute atomic E-state index is 13.5. The highest BCUT2D eigenvalue weighted by molar-refractivity contribution is 5.92. The Hall–Kier alpha value is -2.75. The van der Waals surface area contributed by atoms with Crippen LogP contribution in [0.1, 0.15) is 6.42 Å². The van der Waals surface area contributed by atoms with E-state index in [0.29, 0.717) is 6.07 Å². The molecular formula is C11H12FN3O6. The molecule has 2 amide bonds. The van der Waals surface area contributed by atoms with E-state index in [-0.39, 0.29) is 12.1 Å². The zero-order valence-corrected chi connectivity index (χ0v) is 10.6. The van der Waals surface area contributed by atoms with E-state index in [1.807, 2.05) is 10.6 Å². The van der Waals surface area contributed by atoms with Gasteiger partial charge < -0.3 is 20.8 Å². The molecule has 1 aromatic carbocycles. The first kappa shape index (κ1) is 16.3. The number of hydrogen-bond acceptors (Lipinski definition) is 5. The molecule has 1 atom stereocenters. The smallest absolute Gasteiger partial charge is 0.326 e. The van der Waals surface area contributed by atoms with Gasteiger partial charge in [-0.25, -0.2) is 14.0 Å². The van der Waals surface area contributed by atoms with Gasteiger partial charge >= 0.3 is 12.0 Å². The number of anilines is 1. The van der Waals surface area contributed by atoms with Crippen molar-refractivity contribution in [1.29, 1.82) is 0 Å². The molecule has 0 aliphatic carbocycles. The lowest BCUT2D eigenvalue weighted by Crippen LogP contribution is -2.43. The number of rotatable bonds is 6. The van der Waals surface area contributed by atoms with Crippen molar-refractivity contribution >= 4 is 23.4 Å². The number of nitrogens with one attached hydrogen (secondary N) is 2. The molecule has 0 aromatic heterocycles. The van der Waals surface area contributed by atoms with Crippen molar-refractivity contribution in [3.63, 3.8) is 0 Å². The van der Waals surface area contributed by atoms with E-state index in [0.717, 1.165) is 12.1 Å². The molecule has 0 saturated carbocycles. The summed E-state index contributed by atoms with van der Waals surface area (Å²) in [6.45, 7) is -0.455. The third-order valence-electron chi connectivity index (χ3n) is 2.43. The van der Waals surface area contributed by atoms with Crippen LogP contribution in [0.3, 0.4) is 0 Å². The van der Waals surface area contributed by atoms with Gasteiger partial charge in [0.25, 0.3) is 5.69 Å². The lowest BCUT2D eigenvalue weighted by Gasteiger charge is -2.14. The molecule has 0 bridgehead atoms. The number of carbonyl (C=O) groups is 2. The van der Waals surface area contributed by atoms with Crippen molar-refractivity contribution in [2.45, 2.75) is 12.5 Å². The number of carboxylic acids is 1. The molecule has 0 aliphatic rings. The Bertz CT molecular complexity index is 565. The Kier molecular flexibility index (Phi) is 5.55. The standard InChI is InChI=1S/C11H12FN3O6/c12-7-5-6(15(20)21)1-2-8(7)13-11(19)14-9(3-4-16)10(17)18/h1-2,5,9,16H,3-4H2,(H,17,18)(H2,13,14,19). The zero-order chi connectivity index (χ0) is 16.0. The highest BCUT2D eigenvalue weighted by Crippen LogP contribution is 2.20. The van der Waals surface area contributed by atoms with E-state index in [4.69, 9.17) is 10.2 Å². The number of nitro groups is 1. The topological polar surface area (TPSA) is 142 Å². The highest BCUT2D eigenvalue weighted by Gasteiger charge is 2.20. The molecule has 1 aromatic rings. The summed E-state index contributed by atoms with van der Waals surface area (Å²) in [4.78, 5) is 31.9. The number of urea groups is 1. The van der Waals surface area contributed by atoms with Crippen LogP contribution in [0.25, 0.3) is 0 Å². The molecule has 21 heavy (non-hydrogen) atoms. The van der Waals surface area contributed by atoms with E-state index in [1.54, 1.807) is 0 Å². The lowest BCUT2D eigenvalue weighted by molar-refractivity contribution is -0.385. The fraction of sp³-hybridized carbons (Fsp3) is 0.273. The summed E-state index contributed by atoms with van der Waals surface area (Å²) in [6, 6.07) is 0.244. The number of non-ortho nitro benzene ring substituents is 1. The number of halogens is 1. The third-order valence-corrected chi connectivity index (χ3v) is 2.43. The Balaban J connectivity index is 2.74. The first-order chi connectivity index (χ1) is 9.85. The fourth-order valence-electron chi connectivity index (χ4n) is 1.42. The van der Waals surface area contributed by atoms with Crippen LogP contribution >= 0.6 is 0 Å². The number of aliphatic hydroxyl groups excluding tert-OH is 1. The molecule has 0 fully saturated rings. The maximum Gasteiger partial charge on any atom is 0.326 e. The van der Waals surface area contributed by atoms with Gasteiger partial charge in [0.15, 0.2) is 5.82 Å². The number of carboxylic acid groups (broad SMARTS) is 1. The SMILES string of the molecule is O=C(Nc1ccc([N+](=O)[O-])cc1F)NC(CCO)C(=O)O. The molecule has 114 valence electrons. The molecule has 0 spiro atoms. The second-order valence-electron chi connectivity index (χ2n) is 3.92. The van der Waals surface area contributed by atoms with Crippen molar-refractivity contribution in [3.05, 3.63) is 34.1 Å². The molecule has 1 rings (SSSR count). The quantitative estimate of drug-likeness (QED) is 0.450. The van der Waals surface area contributed by atoms with E-state index >= 15 is 0 Å². The Morgan fingerprint density at radius 2 is 2.10 bits per heavy atom. The number of benzene rings is 1. The van der Waals surface area contributed by atoms with Crippen LogP contribution in [-0.2, 0) is 4.79 Å². The molecule has 10 heteroatoms. The summed E-state index contributed by atoms with van der Waals surface area (Å²) in [5.41, 5.74) is -0.826. The van der Waals surface area contributed by atoms with Crippen molar-refractivity contribution in [2.75, 3.05) is 11.9 Å². The second kappa shape index (κ2) is 7.14. The van der Waals surface area contributed by atoms with Crippen LogP contribution < -0.4 is 10.6 Å². The second-order valence-corrected chi connectivity index (χ2v) is 3.92. The number of nitro benzene ring substituents is 1. The Morgan fingerprint density at radius 1 is 1.43 bits per heavy atom. The molecular weight excluding hydrogens is 289 g/mol. The molecule has 0 saturated heterocycles. The molecule has 1 unspecified atom stereocenters. The van der Waals surface area contributed by atoms with E-state index in [2.05, 4.69) is 0 Å². The fourth-order valence-corrected chi connectivity index (χ4v) is 1.42. The van der Waals surface area contributed by atoms with Crippen LogP contribution in [0.4, 0.5) is 20.6 Å². The summed E-state index contributed by atoms with van der Waals surface area (Å²) in [7, 11) is 0. The van der Waals surface area contributed by atoms with Crippen LogP contribution in [0, 0.1) is 15.9 Å². The summed E-state index contributed by atoms with van der Waals surface area (Å²) in [6.07, 6.45) is -0.217. The summed E-state index contributed by atoms with van der Waals surface area (Å²) in [5, 5.41) is 31.9. The van der Waals surface area contributed by atoms with Crippen molar-refractivity contribution in [1.82, 2.24) is 5.32 Å². The number of aliphatic hydroxyl groups is 1. The molecule has 0 radical (unpaired) electrons. The lowest BCUT2D eigenvalue weighted by atomic mass is 10.2. The first-order valence-electron chi connectivity index (χ1n) is 5.70. The minimum absolute atomic E-state index is 0.217. The van der Waals surface area contributed by atoms with Crippen LogP contribution in [0.2, 0.25) is 0 Å². The Morgan fingerprint density at radius 3 is 2.57 bits per heavy atom. The number of hydrogen-bond donors (Lipinski definition) is 4. The Labute approximate surface area is 117 Å². The summed E-state index contributed by atoms with van der Waals surface area (Å²) >= 11 is 0. The highest BCUT2D eigenvalue weighted by atomic mass is 19.1. The van der Waals surface area contributed by atoms with Gasteiger partial charge in [-0.05, 0) is 6.07 Å². The zero-order valence-electron chi connectivity index (χ0n) is 10.6. The van der Waals surface area contributed by atoms with Crippen molar-refractivity contribution < 1.29 is 29.1 Å². The maximum atomic E-state index is 13.5. The van der Waals surface area contributed by atoms with Gasteiger partial charge in [-0.1, -0.05) is 0 Å². The molecule has 4 N–H and O–H groups in total. The van der Waals surface area contributed by atoms with Crippen molar-refractivity contribution in [3.8, 4) is 0 Å². The number of carbonyl (C=O) groups excluding carboxylic acids is 1. The van der Waals surface area contributed by atoms with Gasteiger partial charge in [-0.3, -0.25) is 10.1 Å². The average Bonchev–Trinajstić information content (AvgIpc) is 2.40. The number of amides is 2. The summed E-state index contributed by atoms with van der Waals surface area (Å²) in [5.74, 6) is -2.39. The van der Waals surface area contributed by atoms with Gasteiger partial charge in [-0.2, -0.15) is 0 Å². The number of aliphatic carboxylic acids is 1. The van der Waals surface area contributed by atoms with Crippen LogP contribution in [0.15, 0.2) is 18.2 Å². The molecule has 9 nitrogen and oxygen atoms in total. The van der Waals surface area contributed by atoms with Gasteiger partial charge in [0.1, 0.15) is 6.04 Å². The van der Waals surface area contributed by atoms with Gasteiger partial charge in [0.05, 0.1) is 16.7 Å². The predicted octanol–water partition coefficient (Wildman–Crippen LogP) is 0.691. The average molecular weight is 301 g/mol. The monoisotopic (exact) mass is 301 g/mol. The first-order valence-corrected chi connectivity index (χ1v) is 5.70. The van der Waals surface area contributed by atoms with Gasteiger partial charge in [0.2, 0.25) is 0 Å². The predicted molar refractivity (Wildman–Crippen MR) is 68.3 cm³/mol. The van der Waals surface area contributed by atoms with Gasteiger partial charge in [0, 0.05) is 19.1 Å². The third kappa shape index (κ3) is 4.69. The van der Waals surface area contributed by atoms with E-state index < -0.39 is 41.1 Å². The normalized spacial score (nSPS) is 11.5. The van der Waals surface area contributed by atoms with Gasteiger partial charge in [-0.15, -0.1) is 0 Å². The minimum atomic E-state index is -1.36. The minimum Gasteiger partial charge on any atom is -0.480 e. The van der Waals surface area contributed by atoms with E-state index in [9.17, 15) is 24.1 Å². The molecule has 0 heterocycles. The van der Waals surface area contributed by atoms with Crippen molar-refractivity contribution in [2.24, 2.45) is 0 Å². The molecule has 0 aliphatic heterocycles. The number of nitrogens with zero attached hydrogens (tertiary/aromatic N) is 1. The van der Waals surface area contributed by atoms with E-state index in [1.165, 1.54) is 0 Å². The largest absolute Gasteiger partial charge is 0.480 e.